The van der Waals surface area contributed by atoms with Crippen molar-refractivity contribution < 1.29 is 4.79 Å². The molecule has 1 aliphatic carbocycles. The monoisotopic (exact) mass is 260 g/mol. The SMILES string of the molecule is Cc1cc(C=O)nc(C2CCC(C(C)(C)C)CC2)n1. The Hall–Kier alpha value is -1.25. The summed E-state index contributed by atoms with van der Waals surface area (Å²) in [6.07, 6.45) is 5.58. The van der Waals surface area contributed by atoms with Crippen molar-refractivity contribution in [1.82, 2.24) is 9.97 Å². The van der Waals surface area contributed by atoms with Crippen LogP contribution < -0.4 is 0 Å². The van der Waals surface area contributed by atoms with Gasteiger partial charge in [-0.05, 0) is 50.0 Å². The number of hydrogen-bond acceptors (Lipinski definition) is 3. The van der Waals surface area contributed by atoms with E-state index >= 15 is 0 Å². The minimum Gasteiger partial charge on any atom is -0.296 e. The lowest BCUT2D eigenvalue weighted by molar-refractivity contribution is 0.111. The van der Waals surface area contributed by atoms with E-state index < -0.39 is 0 Å². The first-order chi connectivity index (χ1) is 8.90. The van der Waals surface area contributed by atoms with Gasteiger partial charge in [-0.15, -0.1) is 0 Å². The van der Waals surface area contributed by atoms with Crippen LogP contribution in [0.4, 0.5) is 0 Å². The maximum atomic E-state index is 10.9. The van der Waals surface area contributed by atoms with Gasteiger partial charge in [-0.2, -0.15) is 0 Å². The van der Waals surface area contributed by atoms with Gasteiger partial charge in [-0.25, -0.2) is 9.97 Å². The van der Waals surface area contributed by atoms with Crippen molar-refractivity contribution in [3.8, 4) is 0 Å². The zero-order valence-electron chi connectivity index (χ0n) is 12.4. The van der Waals surface area contributed by atoms with Crippen molar-refractivity contribution in [3.63, 3.8) is 0 Å². The summed E-state index contributed by atoms with van der Waals surface area (Å²) in [5, 5.41) is 0. The topological polar surface area (TPSA) is 42.9 Å². The van der Waals surface area contributed by atoms with Crippen LogP contribution in [-0.4, -0.2) is 16.3 Å². The average molecular weight is 260 g/mol. The van der Waals surface area contributed by atoms with Crippen LogP contribution in [0.3, 0.4) is 0 Å². The zero-order valence-corrected chi connectivity index (χ0v) is 12.4. The van der Waals surface area contributed by atoms with E-state index in [4.69, 9.17) is 0 Å². The lowest BCUT2D eigenvalue weighted by Crippen LogP contribution is -2.26. The quantitative estimate of drug-likeness (QED) is 0.757. The Balaban J connectivity index is 2.09. The molecule has 3 nitrogen and oxygen atoms in total. The smallest absolute Gasteiger partial charge is 0.168 e. The standard InChI is InChI=1S/C16H24N2O/c1-11-9-14(10-19)18-15(17-11)12-5-7-13(8-6-12)16(2,3)4/h9-10,12-13H,5-8H2,1-4H3. The Kier molecular flexibility index (Phi) is 4.02. The molecule has 0 radical (unpaired) electrons. The third-order valence-electron chi connectivity index (χ3n) is 4.33. The highest BCUT2D eigenvalue weighted by Gasteiger charge is 2.31. The Morgan fingerprint density at radius 3 is 2.32 bits per heavy atom. The molecule has 1 saturated carbocycles. The van der Waals surface area contributed by atoms with E-state index in [9.17, 15) is 4.79 Å². The summed E-state index contributed by atoms with van der Waals surface area (Å²) in [5.74, 6) is 2.09. The lowest BCUT2D eigenvalue weighted by atomic mass is 9.69. The second kappa shape index (κ2) is 5.40. The molecule has 1 aliphatic rings. The molecule has 0 aliphatic heterocycles. The number of carbonyl (C=O) groups excluding carboxylic acids is 1. The molecule has 0 bridgehead atoms. The molecule has 2 rings (SSSR count). The Morgan fingerprint density at radius 2 is 1.79 bits per heavy atom. The summed E-state index contributed by atoms with van der Waals surface area (Å²) in [4.78, 5) is 19.8. The van der Waals surface area contributed by atoms with E-state index in [1.165, 1.54) is 12.8 Å². The molecule has 3 heteroatoms. The fourth-order valence-corrected chi connectivity index (χ4v) is 3.08. The number of hydrogen-bond donors (Lipinski definition) is 0. The van der Waals surface area contributed by atoms with Gasteiger partial charge in [-0.3, -0.25) is 4.79 Å². The van der Waals surface area contributed by atoms with Gasteiger partial charge in [-0.1, -0.05) is 20.8 Å². The summed E-state index contributed by atoms with van der Waals surface area (Å²) in [5.41, 5.74) is 1.80. The minimum absolute atomic E-state index is 0.395. The van der Waals surface area contributed by atoms with E-state index in [-0.39, 0.29) is 0 Å². The molecule has 0 unspecified atom stereocenters. The molecule has 1 aromatic heterocycles. The molecule has 19 heavy (non-hydrogen) atoms. The molecule has 0 aromatic carbocycles. The minimum atomic E-state index is 0.395. The summed E-state index contributed by atoms with van der Waals surface area (Å²) < 4.78 is 0. The molecule has 0 N–H and O–H groups in total. The molecule has 1 heterocycles. The molecule has 0 amide bonds. The van der Waals surface area contributed by atoms with Crippen LogP contribution in [0.2, 0.25) is 0 Å². The van der Waals surface area contributed by atoms with E-state index in [1.807, 2.05) is 6.92 Å². The van der Waals surface area contributed by atoms with Crippen molar-refractivity contribution in [2.24, 2.45) is 11.3 Å². The van der Waals surface area contributed by atoms with Crippen molar-refractivity contribution in [3.05, 3.63) is 23.3 Å². The first-order valence-corrected chi connectivity index (χ1v) is 7.21. The highest BCUT2D eigenvalue weighted by atomic mass is 16.1. The molecule has 0 atom stereocenters. The molecule has 104 valence electrons. The molecular weight excluding hydrogens is 236 g/mol. The number of aromatic nitrogens is 2. The van der Waals surface area contributed by atoms with Crippen molar-refractivity contribution in [2.45, 2.75) is 59.3 Å². The first-order valence-electron chi connectivity index (χ1n) is 7.21. The highest BCUT2D eigenvalue weighted by Crippen LogP contribution is 2.42. The summed E-state index contributed by atoms with van der Waals surface area (Å²) in [7, 11) is 0. The van der Waals surface area contributed by atoms with E-state index in [0.29, 0.717) is 17.0 Å². The zero-order chi connectivity index (χ0) is 14.0. The van der Waals surface area contributed by atoms with E-state index in [2.05, 4.69) is 30.7 Å². The normalized spacial score (nSPS) is 24.2. The van der Waals surface area contributed by atoms with Gasteiger partial charge in [0.05, 0.1) is 0 Å². The predicted octanol–water partition coefficient (Wildman–Crippen LogP) is 3.92. The number of carbonyl (C=O) groups is 1. The van der Waals surface area contributed by atoms with Gasteiger partial charge >= 0.3 is 0 Å². The third-order valence-corrected chi connectivity index (χ3v) is 4.33. The number of nitrogens with zero attached hydrogens (tertiary/aromatic N) is 2. The van der Waals surface area contributed by atoms with Crippen molar-refractivity contribution in [1.29, 1.82) is 0 Å². The van der Waals surface area contributed by atoms with Gasteiger partial charge in [0.25, 0.3) is 0 Å². The number of rotatable bonds is 2. The fraction of sp³-hybridized carbons (Fsp3) is 0.688. The van der Waals surface area contributed by atoms with E-state index in [0.717, 1.165) is 36.6 Å². The van der Waals surface area contributed by atoms with Crippen LogP contribution in [0, 0.1) is 18.3 Å². The predicted molar refractivity (Wildman–Crippen MR) is 76.3 cm³/mol. The molecule has 1 fully saturated rings. The fourth-order valence-electron chi connectivity index (χ4n) is 3.08. The molecular formula is C16H24N2O. The van der Waals surface area contributed by atoms with Gasteiger partial charge in [0.2, 0.25) is 0 Å². The van der Waals surface area contributed by atoms with Crippen molar-refractivity contribution >= 4 is 6.29 Å². The van der Waals surface area contributed by atoms with Crippen molar-refractivity contribution in [2.75, 3.05) is 0 Å². The number of aldehydes is 1. The first kappa shape index (κ1) is 14.2. The second-order valence-corrected chi connectivity index (χ2v) is 6.82. The lowest BCUT2D eigenvalue weighted by Gasteiger charge is -2.36. The maximum Gasteiger partial charge on any atom is 0.168 e. The summed E-state index contributed by atoms with van der Waals surface area (Å²) in [6.45, 7) is 8.90. The third kappa shape index (κ3) is 3.40. The molecule has 1 aromatic rings. The van der Waals surface area contributed by atoms with Gasteiger partial charge < -0.3 is 0 Å². The molecule has 0 spiro atoms. The van der Waals surface area contributed by atoms with Crippen LogP contribution >= 0.6 is 0 Å². The Labute approximate surface area is 115 Å². The maximum absolute atomic E-state index is 10.9. The van der Waals surface area contributed by atoms with Crippen LogP contribution in [0.5, 0.6) is 0 Å². The van der Waals surface area contributed by atoms with Crippen LogP contribution in [0.1, 0.15) is 74.4 Å². The van der Waals surface area contributed by atoms with Gasteiger partial charge in [0.1, 0.15) is 11.5 Å². The summed E-state index contributed by atoms with van der Waals surface area (Å²) in [6, 6.07) is 1.75. The van der Waals surface area contributed by atoms with Crippen LogP contribution in [-0.2, 0) is 0 Å². The Bertz CT molecular complexity index is 454. The largest absolute Gasteiger partial charge is 0.296 e. The van der Waals surface area contributed by atoms with E-state index in [1.54, 1.807) is 6.07 Å². The second-order valence-electron chi connectivity index (χ2n) is 6.82. The average Bonchev–Trinajstić information content (AvgIpc) is 2.37. The summed E-state index contributed by atoms with van der Waals surface area (Å²) >= 11 is 0. The van der Waals surface area contributed by atoms with Crippen LogP contribution in [0.15, 0.2) is 6.07 Å². The van der Waals surface area contributed by atoms with Gasteiger partial charge in [0.15, 0.2) is 6.29 Å². The molecule has 0 saturated heterocycles. The van der Waals surface area contributed by atoms with Crippen LogP contribution in [0.25, 0.3) is 0 Å². The highest BCUT2D eigenvalue weighted by molar-refractivity contribution is 5.71. The Morgan fingerprint density at radius 1 is 1.16 bits per heavy atom. The van der Waals surface area contributed by atoms with Gasteiger partial charge in [0, 0.05) is 11.6 Å². The number of aryl methyl sites for hydroxylation is 1.